The number of hydrogen-bond acceptors (Lipinski definition) is 3. The minimum absolute atomic E-state index is 0.0837. The molecule has 2 aromatic heterocycles. The van der Waals surface area contributed by atoms with E-state index in [0.29, 0.717) is 18.8 Å². The van der Waals surface area contributed by atoms with Crippen molar-refractivity contribution in [2.45, 2.75) is 27.2 Å². The van der Waals surface area contributed by atoms with Gasteiger partial charge in [0.05, 0.1) is 17.8 Å². The van der Waals surface area contributed by atoms with Crippen molar-refractivity contribution in [2.24, 2.45) is 5.73 Å². The standard InChI is InChI=1S/C30H34N4O/c1-4-10-24(20-31)12-8-9-16-32-30(35)19-25-17-22(2)11-6-5-7-13-29(34-25)27-21-33-28-15-14-23(3)18-26(27)28/h4-15,17-18,21,33H,16,19-20,31H2,1-3H3,(H,32,35)/b6-5?,7-5?,9-8+,10-4-,11-6?,13-7?,22-11?,22-17?,24-12+,25-17?,29-13?,34-25?,34-29?. The number of rotatable bonds is 8. The lowest BCUT2D eigenvalue weighted by Gasteiger charge is -2.04. The third kappa shape index (κ3) is 7.80. The second-order valence-electron chi connectivity index (χ2n) is 8.39. The Bertz CT molecular complexity index is 1310. The number of fused-ring (bicyclic) bond motifs is 1. The van der Waals surface area contributed by atoms with Crippen molar-refractivity contribution in [3.63, 3.8) is 0 Å². The van der Waals surface area contributed by atoms with Crippen LogP contribution in [-0.2, 0) is 11.2 Å². The summed E-state index contributed by atoms with van der Waals surface area (Å²) in [5.74, 6) is -0.0837. The molecule has 0 aliphatic heterocycles. The van der Waals surface area contributed by atoms with E-state index in [1.807, 2.05) is 86.8 Å². The fourth-order valence-corrected chi connectivity index (χ4v) is 3.71. The zero-order valence-corrected chi connectivity index (χ0v) is 20.7. The Balaban J connectivity index is 1.86. The number of benzene rings is 1. The Hall–Kier alpha value is -3.96. The third-order valence-electron chi connectivity index (χ3n) is 5.43. The third-order valence-corrected chi connectivity index (χ3v) is 5.43. The van der Waals surface area contributed by atoms with Gasteiger partial charge in [-0.1, -0.05) is 66.3 Å². The smallest absolute Gasteiger partial charge is 0.226 e. The molecule has 3 aromatic rings. The van der Waals surface area contributed by atoms with E-state index >= 15 is 0 Å². The monoisotopic (exact) mass is 466 g/mol. The van der Waals surface area contributed by atoms with E-state index in [2.05, 4.69) is 35.4 Å². The first-order chi connectivity index (χ1) is 17.0. The lowest BCUT2D eigenvalue weighted by atomic mass is 10.1. The first kappa shape index (κ1) is 25.7. The Morgan fingerprint density at radius 3 is 2.69 bits per heavy atom. The molecule has 5 heteroatoms. The van der Waals surface area contributed by atoms with Gasteiger partial charge in [-0.15, -0.1) is 0 Å². The van der Waals surface area contributed by atoms with Gasteiger partial charge in [-0.3, -0.25) is 9.78 Å². The summed E-state index contributed by atoms with van der Waals surface area (Å²) in [5.41, 5.74) is 12.5. The molecule has 35 heavy (non-hydrogen) atoms. The van der Waals surface area contributed by atoms with Crippen molar-refractivity contribution < 1.29 is 4.79 Å². The number of H-pyrrole nitrogens is 1. The second-order valence-corrected chi connectivity index (χ2v) is 8.39. The van der Waals surface area contributed by atoms with Crippen LogP contribution in [0, 0.1) is 13.8 Å². The summed E-state index contributed by atoms with van der Waals surface area (Å²) in [7, 11) is 0. The van der Waals surface area contributed by atoms with Crippen LogP contribution in [0.3, 0.4) is 0 Å². The molecule has 0 aliphatic carbocycles. The van der Waals surface area contributed by atoms with E-state index in [1.165, 1.54) is 5.56 Å². The van der Waals surface area contributed by atoms with Crippen molar-refractivity contribution in [2.75, 3.05) is 13.1 Å². The molecule has 0 aliphatic rings. The molecule has 0 saturated heterocycles. The lowest BCUT2D eigenvalue weighted by Crippen LogP contribution is -2.25. The number of carbonyl (C=O) groups excluding carboxylic acids is 1. The number of aromatic amines is 1. The quantitative estimate of drug-likeness (QED) is 0.375. The van der Waals surface area contributed by atoms with Crippen LogP contribution >= 0.6 is 0 Å². The van der Waals surface area contributed by atoms with Gasteiger partial charge in [-0.2, -0.15) is 0 Å². The van der Waals surface area contributed by atoms with Crippen molar-refractivity contribution in [3.8, 4) is 11.3 Å². The molecule has 4 N–H and O–H groups in total. The van der Waals surface area contributed by atoms with Gasteiger partial charge in [0, 0.05) is 35.8 Å². The Morgan fingerprint density at radius 1 is 1.09 bits per heavy atom. The molecule has 3 rings (SSSR count). The Morgan fingerprint density at radius 2 is 1.89 bits per heavy atom. The van der Waals surface area contributed by atoms with Crippen molar-refractivity contribution in [3.05, 3.63) is 114 Å². The fourth-order valence-electron chi connectivity index (χ4n) is 3.71. The van der Waals surface area contributed by atoms with E-state index in [1.54, 1.807) is 0 Å². The Labute approximate surface area is 207 Å². The fraction of sp³-hybridized carbons (Fsp3) is 0.200. The predicted octanol–water partition coefficient (Wildman–Crippen LogP) is 5.65. The van der Waals surface area contributed by atoms with Gasteiger partial charge in [-0.05, 0) is 56.2 Å². The van der Waals surface area contributed by atoms with Crippen LogP contribution in [0.15, 0.2) is 96.7 Å². The molecule has 0 atom stereocenters. The molecule has 0 spiro atoms. The van der Waals surface area contributed by atoms with Crippen molar-refractivity contribution in [1.29, 1.82) is 0 Å². The van der Waals surface area contributed by atoms with Crippen LogP contribution in [0.1, 0.15) is 23.7 Å². The maximum absolute atomic E-state index is 12.7. The molecule has 1 aromatic carbocycles. The molecule has 180 valence electrons. The normalized spacial score (nSPS) is 11.8. The number of nitrogens with one attached hydrogen (secondary N) is 2. The number of aromatic nitrogens is 2. The highest BCUT2D eigenvalue weighted by Crippen LogP contribution is 2.27. The van der Waals surface area contributed by atoms with E-state index in [-0.39, 0.29) is 12.3 Å². The highest BCUT2D eigenvalue weighted by molar-refractivity contribution is 5.95. The maximum atomic E-state index is 12.7. The molecule has 0 bridgehead atoms. The minimum atomic E-state index is -0.0837. The second kappa shape index (κ2) is 13.1. The summed E-state index contributed by atoms with van der Waals surface area (Å²) in [6.07, 6.45) is 11.8. The van der Waals surface area contributed by atoms with Crippen LogP contribution in [0.4, 0.5) is 0 Å². The molecule has 0 fully saturated rings. The molecular formula is C30H34N4O. The number of aryl methyl sites for hydroxylation is 2. The van der Waals surface area contributed by atoms with Gasteiger partial charge in [0.1, 0.15) is 0 Å². The summed E-state index contributed by atoms with van der Waals surface area (Å²) in [6.45, 7) is 6.95. The predicted molar refractivity (Wildman–Crippen MR) is 146 cm³/mol. The van der Waals surface area contributed by atoms with Gasteiger partial charge < -0.3 is 16.0 Å². The number of carbonyl (C=O) groups is 1. The zero-order chi connectivity index (χ0) is 25.0. The van der Waals surface area contributed by atoms with E-state index in [0.717, 1.165) is 33.3 Å². The number of nitrogens with two attached hydrogens (primary N) is 1. The SMILES string of the molecule is C\C=C/C(=C\C=C\CNC(=O)Cc1cc(C)cccccc(-c2c[nH]c3ccc(C)cc23)n1)CN. The number of allylic oxidation sites excluding steroid dienone is 3. The molecule has 0 saturated carbocycles. The average molecular weight is 467 g/mol. The molecule has 1 amide bonds. The average Bonchev–Trinajstić information content (AvgIpc) is 3.25. The number of hydrogen-bond donors (Lipinski definition) is 3. The van der Waals surface area contributed by atoms with Gasteiger partial charge >= 0.3 is 0 Å². The van der Waals surface area contributed by atoms with Crippen LogP contribution in [0.25, 0.3) is 22.2 Å². The zero-order valence-electron chi connectivity index (χ0n) is 20.7. The topological polar surface area (TPSA) is 83.8 Å². The van der Waals surface area contributed by atoms with Crippen LogP contribution in [-0.4, -0.2) is 29.0 Å². The van der Waals surface area contributed by atoms with E-state index in [9.17, 15) is 4.79 Å². The van der Waals surface area contributed by atoms with Gasteiger partial charge in [0.15, 0.2) is 0 Å². The van der Waals surface area contributed by atoms with E-state index in [4.69, 9.17) is 10.7 Å². The molecule has 0 unspecified atom stereocenters. The minimum Gasteiger partial charge on any atom is -0.360 e. The van der Waals surface area contributed by atoms with Crippen LogP contribution < -0.4 is 11.1 Å². The van der Waals surface area contributed by atoms with Gasteiger partial charge in [0.2, 0.25) is 5.91 Å². The summed E-state index contributed by atoms with van der Waals surface area (Å²) >= 11 is 0. The summed E-state index contributed by atoms with van der Waals surface area (Å²) < 4.78 is 0. The summed E-state index contributed by atoms with van der Waals surface area (Å²) in [6, 6.07) is 18.2. The van der Waals surface area contributed by atoms with Gasteiger partial charge in [-0.25, -0.2) is 0 Å². The summed E-state index contributed by atoms with van der Waals surface area (Å²) in [5, 5.41) is 4.06. The van der Waals surface area contributed by atoms with Crippen molar-refractivity contribution >= 4 is 16.8 Å². The highest BCUT2D eigenvalue weighted by Gasteiger charge is 2.09. The van der Waals surface area contributed by atoms with Crippen molar-refractivity contribution in [1.82, 2.24) is 15.3 Å². The van der Waals surface area contributed by atoms with Crippen LogP contribution in [0.5, 0.6) is 0 Å². The molecule has 5 nitrogen and oxygen atoms in total. The lowest BCUT2D eigenvalue weighted by molar-refractivity contribution is -0.120. The van der Waals surface area contributed by atoms with Crippen LogP contribution in [0.2, 0.25) is 0 Å². The van der Waals surface area contributed by atoms with E-state index < -0.39 is 0 Å². The maximum Gasteiger partial charge on any atom is 0.226 e. The van der Waals surface area contributed by atoms with Gasteiger partial charge in [0.25, 0.3) is 0 Å². The first-order valence-electron chi connectivity index (χ1n) is 11.8. The first-order valence-corrected chi connectivity index (χ1v) is 11.8. The molecule has 0 radical (unpaired) electrons. The molecular weight excluding hydrogens is 432 g/mol. The Kier molecular flexibility index (Phi) is 9.58. The highest BCUT2D eigenvalue weighted by atomic mass is 16.1. The number of nitrogens with zero attached hydrogens (tertiary/aromatic N) is 1. The summed E-state index contributed by atoms with van der Waals surface area (Å²) in [4.78, 5) is 21.0. The largest absolute Gasteiger partial charge is 0.360 e. The molecule has 2 heterocycles. The number of amides is 1.